The van der Waals surface area contributed by atoms with Crippen LogP contribution in [0.4, 0.5) is 4.39 Å². The molecule has 0 saturated heterocycles. The van der Waals surface area contributed by atoms with Gasteiger partial charge in [0.2, 0.25) is 0 Å². The molecule has 3 aromatic rings. The topological polar surface area (TPSA) is 9.23 Å². The van der Waals surface area contributed by atoms with Crippen molar-refractivity contribution in [1.29, 1.82) is 0 Å². The SMILES string of the molecule is Fc1ccc(COc2cccc3ccccc23)cc1Br. The molecule has 100 valence electrons. The van der Waals surface area contributed by atoms with Gasteiger partial charge in [-0.05, 0) is 45.1 Å². The molecule has 0 aliphatic heterocycles. The van der Waals surface area contributed by atoms with Crippen LogP contribution in [0.5, 0.6) is 5.75 Å². The molecule has 1 nitrogen and oxygen atoms in total. The molecule has 3 aromatic carbocycles. The Morgan fingerprint density at radius 3 is 2.60 bits per heavy atom. The average Bonchev–Trinajstić information content (AvgIpc) is 2.48. The second kappa shape index (κ2) is 5.63. The van der Waals surface area contributed by atoms with Crippen LogP contribution < -0.4 is 4.74 Å². The molecule has 0 unspecified atom stereocenters. The van der Waals surface area contributed by atoms with Crippen LogP contribution >= 0.6 is 15.9 Å². The summed E-state index contributed by atoms with van der Waals surface area (Å²) in [5, 5.41) is 2.22. The third-order valence-electron chi connectivity index (χ3n) is 3.13. The van der Waals surface area contributed by atoms with Crippen molar-refractivity contribution in [2.75, 3.05) is 0 Å². The van der Waals surface area contributed by atoms with Gasteiger partial charge in [-0.15, -0.1) is 0 Å². The molecule has 0 N–H and O–H groups in total. The van der Waals surface area contributed by atoms with Gasteiger partial charge in [-0.25, -0.2) is 4.39 Å². The normalized spacial score (nSPS) is 10.7. The van der Waals surface area contributed by atoms with Crippen LogP contribution in [0.25, 0.3) is 10.8 Å². The summed E-state index contributed by atoms with van der Waals surface area (Å²) < 4.78 is 19.5. The lowest BCUT2D eigenvalue weighted by Gasteiger charge is -2.09. The van der Waals surface area contributed by atoms with Gasteiger partial charge < -0.3 is 4.74 Å². The maximum atomic E-state index is 13.2. The van der Waals surface area contributed by atoms with E-state index >= 15 is 0 Å². The van der Waals surface area contributed by atoms with Crippen LogP contribution in [-0.4, -0.2) is 0 Å². The lowest BCUT2D eigenvalue weighted by Crippen LogP contribution is -1.96. The van der Waals surface area contributed by atoms with E-state index < -0.39 is 0 Å². The van der Waals surface area contributed by atoms with Gasteiger partial charge in [-0.3, -0.25) is 0 Å². The zero-order chi connectivity index (χ0) is 13.9. The van der Waals surface area contributed by atoms with Crippen molar-refractivity contribution in [3.05, 3.63) is 76.5 Å². The smallest absolute Gasteiger partial charge is 0.137 e. The Bertz CT molecular complexity index is 750. The molecule has 20 heavy (non-hydrogen) atoms. The van der Waals surface area contributed by atoms with E-state index in [0.29, 0.717) is 11.1 Å². The molecule has 0 aliphatic rings. The molecule has 0 bridgehead atoms. The summed E-state index contributed by atoms with van der Waals surface area (Å²) in [5.74, 6) is 0.572. The summed E-state index contributed by atoms with van der Waals surface area (Å²) in [7, 11) is 0. The quantitative estimate of drug-likeness (QED) is 0.631. The Morgan fingerprint density at radius 2 is 1.75 bits per heavy atom. The van der Waals surface area contributed by atoms with Crippen molar-refractivity contribution < 1.29 is 9.13 Å². The lowest BCUT2D eigenvalue weighted by molar-refractivity contribution is 0.310. The number of hydrogen-bond donors (Lipinski definition) is 0. The molecule has 0 atom stereocenters. The van der Waals surface area contributed by atoms with Crippen molar-refractivity contribution in [2.24, 2.45) is 0 Å². The Hall–Kier alpha value is -1.87. The van der Waals surface area contributed by atoms with E-state index in [9.17, 15) is 4.39 Å². The van der Waals surface area contributed by atoms with Crippen LogP contribution in [0, 0.1) is 5.82 Å². The van der Waals surface area contributed by atoms with Crippen molar-refractivity contribution in [3.8, 4) is 5.75 Å². The maximum absolute atomic E-state index is 13.2. The number of hydrogen-bond acceptors (Lipinski definition) is 1. The number of fused-ring (bicyclic) bond motifs is 1. The van der Waals surface area contributed by atoms with Gasteiger partial charge in [0.25, 0.3) is 0 Å². The van der Waals surface area contributed by atoms with Crippen molar-refractivity contribution in [1.82, 2.24) is 0 Å². The molecule has 0 spiro atoms. The monoisotopic (exact) mass is 330 g/mol. The summed E-state index contributed by atoms with van der Waals surface area (Å²) in [6.07, 6.45) is 0. The van der Waals surface area contributed by atoms with E-state index in [1.54, 1.807) is 12.1 Å². The minimum atomic E-state index is -0.265. The number of benzene rings is 3. The van der Waals surface area contributed by atoms with Crippen molar-refractivity contribution >= 4 is 26.7 Å². The first kappa shape index (κ1) is 13.1. The van der Waals surface area contributed by atoms with Gasteiger partial charge in [0.15, 0.2) is 0 Å². The number of rotatable bonds is 3. The van der Waals surface area contributed by atoms with E-state index in [4.69, 9.17) is 4.74 Å². The van der Waals surface area contributed by atoms with Gasteiger partial charge in [0.05, 0.1) is 4.47 Å². The predicted molar refractivity (Wildman–Crippen MR) is 82.4 cm³/mol. The fourth-order valence-corrected chi connectivity index (χ4v) is 2.54. The zero-order valence-electron chi connectivity index (χ0n) is 10.6. The van der Waals surface area contributed by atoms with Crippen LogP contribution in [0.2, 0.25) is 0 Å². The van der Waals surface area contributed by atoms with E-state index in [1.165, 1.54) is 6.07 Å². The Kier molecular flexibility index (Phi) is 3.70. The van der Waals surface area contributed by atoms with Gasteiger partial charge in [0.1, 0.15) is 18.2 Å². The summed E-state index contributed by atoms with van der Waals surface area (Å²) in [6, 6.07) is 18.9. The molecular formula is C17H12BrFO. The predicted octanol–water partition coefficient (Wildman–Crippen LogP) is 5.32. The summed E-state index contributed by atoms with van der Waals surface area (Å²) in [4.78, 5) is 0. The molecule has 3 heteroatoms. The Morgan fingerprint density at radius 1 is 0.950 bits per heavy atom. The van der Waals surface area contributed by atoms with Crippen LogP contribution in [-0.2, 0) is 6.61 Å². The minimum Gasteiger partial charge on any atom is -0.488 e. The summed E-state index contributed by atoms with van der Waals surface area (Å²) >= 11 is 3.18. The molecule has 0 fully saturated rings. The molecular weight excluding hydrogens is 319 g/mol. The van der Waals surface area contributed by atoms with Crippen LogP contribution in [0.3, 0.4) is 0 Å². The van der Waals surface area contributed by atoms with Crippen LogP contribution in [0.15, 0.2) is 65.1 Å². The molecule has 0 aliphatic carbocycles. The molecule has 0 aromatic heterocycles. The van der Waals surface area contributed by atoms with Crippen molar-refractivity contribution in [2.45, 2.75) is 6.61 Å². The third kappa shape index (κ3) is 2.68. The van der Waals surface area contributed by atoms with Gasteiger partial charge >= 0.3 is 0 Å². The number of halogens is 2. The second-order valence-corrected chi connectivity index (χ2v) is 5.37. The molecule has 0 heterocycles. The van der Waals surface area contributed by atoms with E-state index in [1.807, 2.05) is 30.3 Å². The largest absolute Gasteiger partial charge is 0.488 e. The average molecular weight is 331 g/mol. The van der Waals surface area contributed by atoms with Gasteiger partial charge in [-0.2, -0.15) is 0 Å². The highest BCUT2D eigenvalue weighted by atomic mass is 79.9. The standard InChI is InChI=1S/C17H12BrFO/c18-15-10-12(8-9-16(15)19)11-20-17-7-3-5-13-4-1-2-6-14(13)17/h1-10H,11H2. The van der Waals surface area contributed by atoms with E-state index in [-0.39, 0.29) is 5.82 Å². The molecule has 3 rings (SSSR count). The first-order valence-corrected chi connectivity index (χ1v) is 7.08. The molecule has 0 radical (unpaired) electrons. The highest BCUT2D eigenvalue weighted by molar-refractivity contribution is 9.10. The van der Waals surface area contributed by atoms with Gasteiger partial charge in [0, 0.05) is 5.39 Å². The highest BCUT2D eigenvalue weighted by Crippen LogP contribution is 2.26. The van der Waals surface area contributed by atoms with Crippen molar-refractivity contribution in [3.63, 3.8) is 0 Å². The highest BCUT2D eigenvalue weighted by Gasteiger charge is 2.04. The minimum absolute atomic E-state index is 0.265. The Balaban J connectivity index is 1.85. The molecule has 0 amide bonds. The van der Waals surface area contributed by atoms with E-state index in [2.05, 4.69) is 28.1 Å². The molecule has 0 saturated carbocycles. The fourth-order valence-electron chi connectivity index (χ4n) is 2.11. The summed E-state index contributed by atoms with van der Waals surface area (Å²) in [6.45, 7) is 0.410. The number of ether oxygens (including phenoxy) is 1. The zero-order valence-corrected chi connectivity index (χ0v) is 12.2. The van der Waals surface area contributed by atoms with Crippen LogP contribution in [0.1, 0.15) is 5.56 Å². The second-order valence-electron chi connectivity index (χ2n) is 4.51. The first-order chi connectivity index (χ1) is 9.74. The first-order valence-electron chi connectivity index (χ1n) is 6.28. The Labute approximate surface area is 125 Å². The fraction of sp³-hybridized carbons (Fsp3) is 0.0588. The third-order valence-corrected chi connectivity index (χ3v) is 3.74. The summed E-state index contributed by atoms with van der Waals surface area (Å²) in [5.41, 5.74) is 0.922. The lowest BCUT2D eigenvalue weighted by atomic mass is 10.1. The van der Waals surface area contributed by atoms with Gasteiger partial charge in [-0.1, -0.05) is 42.5 Å². The van der Waals surface area contributed by atoms with E-state index in [0.717, 1.165) is 22.1 Å². The maximum Gasteiger partial charge on any atom is 0.137 e.